The van der Waals surface area contributed by atoms with Crippen molar-refractivity contribution in [2.45, 2.75) is 39.7 Å². The van der Waals surface area contributed by atoms with Gasteiger partial charge in [0.15, 0.2) is 0 Å². The summed E-state index contributed by atoms with van der Waals surface area (Å²) in [6.45, 7) is 9.62. The predicted octanol–water partition coefficient (Wildman–Crippen LogP) is 5.28. The van der Waals surface area contributed by atoms with Crippen LogP contribution < -0.4 is 5.32 Å². The first-order chi connectivity index (χ1) is 8.31. The Hall–Kier alpha value is -0.310. The van der Waals surface area contributed by atoms with E-state index in [0.29, 0.717) is 0 Å². The second kappa shape index (κ2) is 6.74. The minimum absolute atomic E-state index is 0.144. The molecule has 0 aliphatic heterocycles. The lowest BCUT2D eigenvalue weighted by Crippen LogP contribution is -2.36. The normalized spacial score (nSPS) is 12.9. The molecular weight excluding hydrogens is 310 g/mol. The van der Waals surface area contributed by atoms with Gasteiger partial charge in [-0.1, -0.05) is 36.2 Å². The summed E-state index contributed by atoms with van der Waals surface area (Å²) in [6, 6.07) is 6.04. The zero-order valence-electron chi connectivity index (χ0n) is 11.5. The van der Waals surface area contributed by atoms with E-state index in [1.54, 1.807) is 0 Å². The topological polar surface area (TPSA) is 12.0 Å². The molecule has 0 fully saturated rings. The molecule has 1 N–H and O–H groups in total. The van der Waals surface area contributed by atoms with Crippen LogP contribution in [0.25, 0.3) is 6.08 Å². The molecule has 100 valence electrons. The highest BCUT2D eigenvalue weighted by Crippen LogP contribution is 2.24. The van der Waals surface area contributed by atoms with Crippen molar-refractivity contribution in [3.63, 3.8) is 0 Å². The van der Waals surface area contributed by atoms with Crippen LogP contribution in [0.15, 0.2) is 28.2 Å². The Labute approximate surface area is 124 Å². The molecule has 0 bridgehead atoms. The molecule has 0 heterocycles. The maximum atomic E-state index is 6.10. The Bertz CT molecular complexity index is 433. The minimum Gasteiger partial charge on any atom is -0.308 e. The molecule has 0 saturated heterocycles. The van der Waals surface area contributed by atoms with Crippen LogP contribution in [0.3, 0.4) is 0 Å². The molecule has 1 rings (SSSR count). The highest BCUT2D eigenvalue weighted by Gasteiger charge is 2.08. The van der Waals surface area contributed by atoms with Gasteiger partial charge in [0.2, 0.25) is 0 Å². The summed E-state index contributed by atoms with van der Waals surface area (Å²) < 4.78 is 0.937. The van der Waals surface area contributed by atoms with Gasteiger partial charge >= 0.3 is 0 Å². The molecule has 1 nitrogen and oxygen atoms in total. The fourth-order valence-corrected chi connectivity index (χ4v) is 1.93. The van der Waals surface area contributed by atoms with Gasteiger partial charge in [-0.15, -0.1) is 0 Å². The second-order valence-electron chi connectivity index (χ2n) is 5.43. The second-order valence-corrected chi connectivity index (χ2v) is 6.69. The summed E-state index contributed by atoms with van der Waals surface area (Å²) in [5.41, 5.74) is 2.67. The smallest absolute Gasteiger partial charge is 0.0554 e. The average molecular weight is 331 g/mol. The van der Waals surface area contributed by atoms with Gasteiger partial charge in [-0.25, -0.2) is 0 Å². The molecule has 0 spiro atoms. The fraction of sp³-hybridized carbons (Fsp3) is 0.467. The number of hydrogen-bond donors (Lipinski definition) is 1. The molecule has 0 aromatic heterocycles. The van der Waals surface area contributed by atoms with E-state index in [0.717, 1.165) is 28.0 Å². The SMILES string of the molecule is CC/C(=C/c1ccc(Br)c(Cl)c1)CNC(C)(C)C. The lowest BCUT2D eigenvalue weighted by Gasteiger charge is -2.21. The van der Waals surface area contributed by atoms with Crippen molar-refractivity contribution in [1.82, 2.24) is 5.32 Å². The van der Waals surface area contributed by atoms with E-state index >= 15 is 0 Å². The molecule has 3 heteroatoms. The van der Waals surface area contributed by atoms with E-state index in [2.05, 4.69) is 61.1 Å². The van der Waals surface area contributed by atoms with Gasteiger partial charge < -0.3 is 5.32 Å². The average Bonchev–Trinajstić information content (AvgIpc) is 2.28. The Morgan fingerprint density at radius 3 is 2.56 bits per heavy atom. The summed E-state index contributed by atoms with van der Waals surface area (Å²) in [6.07, 6.45) is 3.24. The highest BCUT2D eigenvalue weighted by atomic mass is 79.9. The van der Waals surface area contributed by atoms with Gasteiger partial charge in [0.1, 0.15) is 0 Å². The number of halogens is 2. The van der Waals surface area contributed by atoms with Crippen LogP contribution in [-0.2, 0) is 0 Å². The van der Waals surface area contributed by atoms with Gasteiger partial charge in [-0.3, -0.25) is 0 Å². The van der Waals surface area contributed by atoms with Gasteiger partial charge in [0.05, 0.1) is 5.02 Å². The van der Waals surface area contributed by atoms with E-state index < -0.39 is 0 Å². The molecular formula is C15H21BrClN. The highest BCUT2D eigenvalue weighted by molar-refractivity contribution is 9.10. The Kier molecular flexibility index (Phi) is 5.90. The van der Waals surface area contributed by atoms with Crippen LogP contribution in [0, 0.1) is 0 Å². The van der Waals surface area contributed by atoms with E-state index in [-0.39, 0.29) is 5.54 Å². The Morgan fingerprint density at radius 1 is 1.39 bits per heavy atom. The van der Waals surface area contributed by atoms with Crippen molar-refractivity contribution in [3.8, 4) is 0 Å². The van der Waals surface area contributed by atoms with E-state index in [1.807, 2.05) is 12.1 Å². The van der Waals surface area contributed by atoms with Gasteiger partial charge in [0, 0.05) is 16.6 Å². The summed E-state index contributed by atoms with van der Waals surface area (Å²) in [5.74, 6) is 0. The van der Waals surface area contributed by atoms with Crippen LogP contribution in [0.5, 0.6) is 0 Å². The molecule has 1 aromatic rings. The maximum absolute atomic E-state index is 6.10. The standard InChI is InChI=1S/C15H21BrClN/c1-5-11(10-18-15(2,3)4)8-12-6-7-13(16)14(17)9-12/h6-9,18H,5,10H2,1-4H3/b11-8-. The van der Waals surface area contributed by atoms with Crippen molar-refractivity contribution in [2.24, 2.45) is 0 Å². The van der Waals surface area contributed by atoms with Crippen molar-refractivity contribution < 1.29 is 0 Å². The number of nitrogens with one attached hydrogen (secondary N) is 1. The fourth-order valence-electron chi connectivity index (χ4n) is 1.49. The molecule has 18 heavy (non-hydrogen) atoms. The monoisotopic (exact) mass is 329 g/mol. The van der Waals surface area contributed by atoms with Crippen molar-refractivity contribution in [3.05, 3.63) is 38.8 Å². The minimum atomic E-state index is 0.144. The lowest BCUT2D eigenvalue weighted by molar-refractivity contribution is 0.443. The quantitative estimate of drug-likeness (QED) is 0.791. The number of hydrogen-bond acceptors (Lipinski definition) is 1. The van der Waals surface area contributed by atoms with Crippen molar-refractivity contribution >= 4 is 33.6 Å². The molecule has 0 amide bonds. The van der Waals surface area contributed by atoms with E-state index in [9.17, 15) is 0 Å². The van der Waals surface area contributed by atoms with Crippen molar-refractivity contribution in [1.29, 1.82) is 0 Å². The zero-order valence-corrected chi connectivity index (χ0v) is 13.8. The van der Waals surface area contributed by atoms with E-state index in [1.165, 1.54) is 5.57 Å². The summed E-state index contributed by atoms with van der Waals surface area (Å²) >= 11 is 9.50. The molecule has 0 radical (unpaired) electrons. The van der Waals surface area contributed by atoms with Gasteiger partial charge in [-0.2, -0.15) is 0 Å². The van der Waals surface area contributed by atoms with Gasteiger partial charge in [-0.05, 0) is 60.8 Å². The summed E-state index contributed by atoms with van der Waals surface area (Å²) in [5, 5.41) is 4.26. The molecule has 0 aliphatic carbocycles. The largest absolute Gasteiger partial charge is 0.308 e. The third kappa shape index (κ3) is 5.55. The number of rotatable bonds is 4. The predicted molar refractivity (Wildman–Crippen MR) is 85.2 cm³/mol. The third-order valence-corrected chi connectivity index (χ3v) is 3.85. The van der Waals surface area contributed by atoms with Crippen LogP contribution >= 0.6 is 27.5 Å². The third-order valence-electron chi connectivity index (χ3n) is 2.61. The van der Waals surface area contributed by atoms with Crippen molar-refractivity contribution in [2.75, 3.05) is 6.54 Å². The maximum Gasteiger partial charge on any atom is 0.0554 e. The lowest BCUT2D eigenvalue weighted by atomic mass is 10.1. The zero-order chi connectivity index (χ0) is 13.8. The van der Waals surface area contributed by atoms with Crippen LogP contribution in [-0.4, -0.2) is 12.1 Å². The van der Waals surface area contributed by atoms with Gasteiger partial charge in [0.25, 0.3) is 0 Å². The molecule has 0 atom stereocenters. The van der Waals surface area contributed by atoms with Crippen LogP contribution in [0.2, 0.25) is 5.02 Å². The molecule has 0 saturated carbocycles. The Morgan fingerprint density at radius 2 is 2.06 bits per heavy atom. The summed E-state index contributed by atoms with van der Waals surface area (Å²) in [7, 11) is 0. The first kappa shape index (κ1) is 15.7. The first-order valence-electron chi connectivity index (χ1n) is 6.21. The molecule has 0 aliphatic rings. The Balaban J connectivity index is 2.80. The molecule has 1 aromatic carbocycles. The number of benzene rings is 1. The molecule has 0 unspecified atom stereocenters. The summed E-state index contributed by atoms with van der Waals surface area (Å²) in [4.78, 5) is 0. The van der Waals surface area contributed by atoms with E-state index in [4.69, 9.17) is 11.6 Å². The van der Waals surface area contributed by atoms with Crippen LogP contribution in [0.1, 0.15) is 39.7 Å². The van der Waals surface area contributed by atoms with Crippen LogP contribution in [0.4, 0.5) is 0 Å². The first-order valence-corrected chi connectivity index (χ1v) is 7.38.